The Hall–Kier alpha value is -0.870. The fraction of sp³-hybridized carbons (Fsp3) is 0.471. The van der Waals surface area contributed by atoms with Crippen molar-refractivity contribution in [3.05, 3.63) is 54.6 Å². The second-order valence-electron chi connectivity index (χ2n) is 5.70. The molecule has 4 heteroatoms. The third-order valence-electron chi connectivity index (χ3n) is 4.04. The minimum atomic E-state index is 0.244. The summed E-state index contributed by atoms with van der Waals surface area (Å²) >= 11 is 4.30. The molecule has 1 saturated heterocycles. The zero-order valence-electron chi connectivity index (χ0n) is 12.4. The molecular weight excluding hydrogens is 296 g/mol. The fourth-order valence-corrected chi connectivity index (χ4v) is 6.37. The first-order chi connectivity index (χ1) is 10.3. The third kappa shape index (κ3) is 3.86. The van der Waals surface area contributed by atoms with E-state index >= 15 is 0 Å². The molecule has 1 aliphatic heterocycles. The molecule has 1 fully saturated rings. The van der Waals surface area contributed by atoms with Crippen LogP contribution < -0.4 is 0 Å². The molecule has 2 aromatic rings. The normalized spacial score (nSPS) is 25.9. The zero-order valence-corrected chi connectivity index (χ0v) is 14.1. The molecule has 3 rings (SSSR count). The summed E-state index contributed by atoms with van der Waals surface area (Å²) in [6.07, 6.45) is 8.33. The van der Waals surface area contributed by atoms with Crippen molar-refractivity contribution in [2.75, 3.05) is 11.5 Å². The van der Waals surface area contributed by atoms with Crippen LogP contribution >= 0.6 is 23.5 Å². The van der Waals surface area contributed by atoms with Crippen molar-refractivity contribution in [3.63, 3.8) is 0 Å². The Morgan fingerprint density at radius 2 is 2.00 bits per heavy atom. The lowest BCUT2D eigenvalue weighted by Gasteiger charge is -2.39. The predicted octanol–water partition coefficient (Wildman–Crippen LogP) is 4.33. The minimum absolute atomic E-state index is 0.244. The van der Waals surface area contributed by atoms with Crippen LogP contribution in [0.4, 0.5) is 0 Å². The lowest BCUT2D eigenvalue weighted by atomic mass is 10.1. The molecule has 2 nitrogen and oxygen atoms in total. The van der Waals surface area contributed by atoms with E-state index < -0.39 is 0 Å². The largest absolute Gasteiger partial charge is 0.335 e. The fourth-order valence-electron chi connectivity index (χ4n) is 2.68. The summed E-state index contributed by atoms with van der Waals surface area (Å²) in [4.78, 5) is 4.20. The molecule has 1 aromatic carbocycles. The smallest absolute Gasteiger partial charge is 0.0946 e. The van der Waals surface area contributed by atoms with Crippen LogP contribution in [0.3, 0.4) is 0 Å². The van der Waals surface area contributed by atoms with Gasteiger partial charge in [-0.15, -0.1) is 23.5 Å². The number of nitrogens with zero attached hydrogens (tertiary/aromatic N) is 2. The van der Waals surface area contributed by atoms with Gasteiger partial charge in [-0.25, -0.2) is 4.98 Å². The van der Waals surface area contributed by atoms with E-state index in [0.29, 0.717) is 0 Å². The highest BCUT2D eigenvalue weighted by Crippen LogP contribution is 2.47. The van der Waals surface area contributed by atoms with Crippen molar-refractivity contribution in [3.8, 4) is 0 Å². The minimum Gasteiger partial charge on any atom is -0.335 e. The van der Waals surface area contributed by atoms with Crippen molar-refractivity contribution < 1.29 is 0 Å². The quantitative estimate of drug-likeness (QED) is 0.817. The van der Waals surface area contributed by atoms with Crippen molar-refractivity contribution >= 4 is 23.5 Å². The van der Waals surface area contributed by atoms with Gasteiger partial charge in [0.25, 0.3) is 0 Å². The van der Waals surface area contributed by atoms with Gasteiger partial charge in [-0.2, -0.15) is 0 Å². The molecule has 0 bridgehead atoms. The summed E-state index contributed by atoms with van der Waals surface area (Å²) in [6.45, 7) is 3.35. The molecule has 0 aliphatic carbocycles. The molecule has 0 unspecified atom stereocenters. The van der Waals surface area contributed by atoms with Crippen LogP contribution in [-0.2, 0) is 13.0 Å². The highest BCUT2D eigenvalue weighted by molar-refractivity contribution is 8.18. The first kappa shape index (κ1) is 15.0. The first-order valence-electron chi connectivity index (χ1n) is 7.57. The van der Waals surface area contributed by atoms with Gasteiger partial charge in [-0.1, -0.05) is 43.7 Å². The predicted molar refractivity (Wildman–Crippen MR) is 93.8 cm³/mol. The SMILES string of the molecule is CCC1CSC(Cc2ccccc2)(Cn2ccnc2)SC1. The van der Waals surface area contributed by atoms with E-state index in [2.05, 4.69) is 76.5 Å². The van der Waals surface area contributed by atoms with Crippen LogP contribution in [0.5, 0.6) is 0 Å². The lowest BCUT2D eigenvalue weighted by Crippen LogP contribution is -2.35. The van der Waals surface area contributed by atoms with Crippen LogP contribution in [0, 0.1) is 5.92 Å². The van der Waals surface area contributed by atoms with Gasteiger partial charge in [0.15, 0.2) is 0 Å². The van der Waals surface area contributed by atoms with E-state index in [1.165, 1.54) is 23.5 Å². The highest BCUT2D eigenvalue weighted by Gasteiger charge is 2.37. The van der Waals surface area contributed by atoms with Gasteiger partial charge < -0.3 is 4.57 Å². The molecule has 0 radical (unpaired) electrons. The van der Waals surface area contributed by atoms with Crippen LogP contribution in [-0.4, -0.2) is 25.1 Å². The molecule has 21 heavy (non-hydrogen) atoms. The van der Waals surface area contributed by atoms with E-state index in [1.807, 2.05) is 12.5 Å². The maximum absolute atomic E-state index is 4.20. The maximum Gasteiger partial charge on any atom is 0.0946 e. The lowest BCUT2D eigenvalue weighted by molar-refractivity contribution is 0.588. The van der Waals surface area contributed by atoms with Gasteiger partial charge in [-0.05, 0) is 29.4 Å². The van der Waals surface area contributed by atoms with Crippen molar-refractivity contribution in [1.29, 1.82) is 0 Å². The van der Waals surface area contributed by atoms with E-state index in [-0.39, 0.29) is 4.08 Å². The molecule has 112 valence electrons. The summed E-state index contributed by atoms with van der Waals surface area (Å²) < 4.78 is 2.48. The number of aromatic nitrogens is 2. The molecular formula is C17H22N2S2. The maximum atomic E-state index is 4.20. The number of thioether (sulfide) groups is 2. The van der Waals surface area contributed by atoms with Gasteiger partial charge in [0, 0.05) is 18.9 Å². The van der Waals surface area contributed by atoms with Crippen molar-refractivity contribution in [2.45, 2.75) is 30.4 Å². The van der Waals surface area contributed by atoms with Crippen LogP contribution in [0.2, 0.25) is 0 Å². The summed E-state index contributed by atoms with van der Waals surface area (Å²) in [5.41, 5.74) is 1.44. The second-order valence-corrected chi connectivity index (χ2v) is 8.77. The summed E-state index contributed by atoms with van der Waals surface area (Å²) in [7, 11) is 0. The number of rotatable bonds is 5. The Morgan fingerprint density at radius 1 is 1.24 bits per heavy atom. The molecule has 1 aliphatic rings. The van der Waals surface area contributed by atoms with Gasteiger partial charge in [0.05, 0.1) is 10.4 Å². The second kappa shape index (κ2) is 6.93. The van der Waals surface area contributed by atoms with Crippen LogP contribution in [0.25, 0.3) is 0 Å². The Kier molecular flexibility index (Phi) is 4.96. The first-order valence-corrected chi connectivity index (χ1v) is 9.54. The summed E-state index contributed by atoms with van der Waals surface area (Å²) in [6, 6.07) is 10.9. The molecule has 0 atom stereocenters. The average Bonchev–Trinajstić information content (AvgIpc) is 3.02. The van der Waals surface area contributed by atoms with Gasteiger partial charge in [0.2, 0.25) is 0 Å². The molecule has 0 saturated carbocycles. The van der Waals surface area contributed by atoms with Crippen molar-refractivity contribution in [1.82, 2.24) is 9.55 Å². The molecule has 0 amide bonds. The van der Waals surface area contributed by atoms with Crippen LogP contribution in [0.1, 0.15) is 18.9 Å². The summed E-state index contributed by atoms with van der Waals surface area (Å²) in [5.74, 6) is 3.43. The van der Waals surface area contributed by atoms with Gasteiger partial charge in [0.1, 0.15) is 0 Å². The number of benzene rings is 1. The Morgan fingerprint density at radius 3 is 2.62 bits per heavy atom. The standard InChI is InChI=1S/C17H22N2S2/c1-2-15-11-20-17(21-12-15,13-19-9-8-18-14-19)10-16-6-4-3-5-7-16/h3-9,14-15H,2,10-13H2,1H3. The Balaban J connectivity index is 1.77. The van der Waals surface area contributed by atoms with E-state index in [1.54, 1.807) is 0 Å². The van der Waals surface area contributed by atoms with Crippen molar-refractivity contribution in [2.24, 2.45) is 5.92 Å². The number of hydrogen-bond acceptors (Lipinski definition) is 3. The van der Waals surface area contributed by atoms with E-state index in [4.69, 9.17) is 0 Å². The topological polar surface area (TPSA) is 17.8 Å². The van der Waals surface area contributed by atoms with Gasteiger partial charge in [-0.3, -0.25) is 0 Å². The van der Waals surface area contributed by atoms with Crippen LogP contribution in [0.15, 0.2) is 49.1 Å². The molecule has 2 heterocycles. The van der Waals surface area contributed by atoms with E-state index in [0.717, 1.165) is 18.9 Å². The third-order valence-corrected chi connectivity index (χ3v) is 7.62. The monoisotopic (exact) mass is 318 g/mol. The molecule has 1 aromatic heterocycles. The Bertz CT molecular complexity index is 531. The Labute approximate surface area is 135 Å². The average molecular weight is 319 g/mol. The highest BCUT2D eigenvalue weighted by atomic mass is 32.2. The summed E-state index contributed by atoms with van der Waals surface area (Å²) in [5, 5.41) is 0. The number of imidazole rings is 1. The molecule has 0 spiro atoms. The van der Waals surface area contributed by atoms with Gasteiger partial charge >= 0.3 is 0 Å². The van der Waals surface area contributed by atoms with E-state index in [9.17, 15) is 0 Å². The molecule has 0 N–H and O–H groups in total. The zero-order chi connectivity index (χ0) is 14.5. The number of hydrogen-bond donors (Lipinski definition) is 0.